The summed E-state index contributed by atoms with van der Waals surface area (Å²) >= 11 is 0. The lowest BCUT2D eigenvalue weighted by Gasteiger charge is -2.57. The van der Waals surface area contributed by atoms with Crippen molar-refractivity contribution >= 4 is 0 Å². The van der Waals surface area contributed by atoms with Gasteiger partial charge in [0, 0.05) is 0 Å². The summed E-state index contributed by atoms with van der Waals surface area (Å²) in [5, 5.41) is 20.5. The number of hydrogen-bond donors (Lipinski definition) is 2. The zero-order valence-electron chi connectivity index (χ0n) is 19.8. The molecule has 4 aliphatic carbocycles. The molecule has 0 saturated heterocycles. The molecule has 9 atom stereocenters. The zero-order chi connectivity index (χ0) is 22.8. The number of aliphatic hydroxyl groups is 2. The average Bonchev–Trinajstić information content (AvgIpc) is 3.01. The van der Waals surface area contributed by atoms with E-state index in [-0.39, 0.29) is 18.8 Å². The molecule has 0 aromatic carbocycles. The highest BCUT2D eigenvalue weighted by atomic mass is 19.4. The summed E-state index contributed by atoms with van der Waals surface area (Å²) in [4.78, 5) is 0. The van der Waals surface area contributed by atoms with Crippen LogP contribution in [-0.2, 0) is 0 Å². The summed E-state index contributed by atoms with van der Waals surface area (Å²) < 4.78 is 40.3. The lowest BCUT2D eigenvalue weighted by atomic mass is 9.48. The SMILES string of the molecule is C[C@H](CCC(C)(C)O)[C@H]1CCC2C3CC[C@H]4C[C@](O)(C(F)(F)F)CC[C@@H]4C3CC[C@@]21C. The van der Waals surface area contributed by atoms with E-state index in [1.165, 1.54) is 19.3 Å². The Kier molecular flexibility index (Phi) is 6.07. The second kappa shape index (κ2) is 7.89. The van der Waals surface area contributed by atoms with E-state index in [1.54, 1.807) is 0 Å². The molecule has 5 heteroatoms. The van der Waals surface area contributed by atoms with Crippen LogP contribution in [0.3, 0.4) is 0 Å². The van der Waals surface area contributed by atoms with E-state index in [0.717, 1.165) is 32.1 Å². The van der Waals surface area contributed by atoms with Gasteiger partial charge >= 0.3 is 6.18 Å². The van der Waals surface area contributed by atoms with Gasteiger partial charge < -0.3 is 10.2 Å². The smallest absolute Gasteiger partial charge is 0.390 e. The third-order valence-corrected chi connectivity index (χ3v) is 10.5. The minimum atomic E-state index is -4.50. The molecule has 4 aliphatic rings. The Morgan fingerprint density at radius 3 is 2.26 bits per heavy atom. The Morgan fingerprint density at radius 1 is 0.935 bits per heavy atom. The fraction of sp³-hybridized carbons (Fsp3) is 1.00. The molecule has 31 heavy (non-hydrogen) atoms. The van der Waals surface area contributed by atoms with E-state index in [0.29, 0.717) is 47.3 Å². The van der Waals surface area contributed by atoms with Gasteiger partial charge in [0.05, 0.1) is 5.60 Å². The summed E-state index contributed by atoms with van der Waals surface area (Å²) in [5.41, 5.74) is -2.73. The predicted molar refractivity (Wildman–Crippen MR) is 116 cm³/mol. The van der Waals surface area contributed by atoms with Gasteiger partial charge in [0.2, 0.25) is 0 Å². The van der Waals surface area contributed by atoms with Crippen molar-refractivity contribution in [1.29, 1.82) is 0 Å². The van der Waals surface area contributed by atoms with Gasteiger partial charge in [-0.3, -0.25) is 0 Å². The van der Waals surface area contributed by atoms with Crippen LogP contribution in [0.5, 0.6) is 0 Å². The molecule has 0 bridgehead atoms. The first-order chi connectivity index (χ1) is 14.3. The van der Waals surface area contributed by atoms with Gasteiger partial charge in [0.25, 0.3) is 0 Å². The molecule has 0 amide bonds. The number of rotatable bonds is 4. The third-order valence-electron chi connectivity index (χ3n) is 10.5. The van der Waals surface area contributed by atoms with Crippen molar-refractivity contribution < 1.29 is 23.4 Å². The van der Waals surface area contributed by atoms with Crippen LogP contribution in [0.4, 0.5) is 13.2 Å². The van der Waals surface area contributed by atoms with Gasteiger partial charge in [-0.2, -0.15) is 13.2 Å². The van der Waals surface area contributed by atoms with Crippen molar-refractivity contribution in [1.82, 2.24) is 0 Å². The normalized spacial score (nSPS) is 46.7. The van der Waals surface area contributed by atoms with E-state index < -0.39 is 17.4 Å². The molecule has 2 nitrogen and oxygen atoms in total. The van der Waals surface area contributed by atoms with Crippen LogP contribution in [0.25, 0.3) is 0 Å². The number of alkyl halides is 3. The van der Waals surface area contributed by atoms with E-state index in [1.807, 2.05) is 13.8 Å². The second-order valence-corrected chi connectivity index (χ2v) is 12.8. The number of fused-ring (bicyclic) bond motifs is 5. The van der Waals surface area contributed by atoms with Crippen LogP contribution in [0.15, 0.2) is 0 Å². The molecular formula is C26H43F3O2. The summed E-state index contributed by atoms with van der Waals surface area (Å²) in [6, 6.07) is 0. The molecule has 4 saturated carbocycles. The maximum absolute atomic E-state index is 13.4. The summed E-state index contributed by atoms with van der Waals surface area (Å²) in [7, 11) is 0. The van der Waals surface area contributed by atoms with Crippen LogP contribution >= 0.6 is 0 Å². The summed E-state index contributed by atoms with van der Waals surface area (Å²) in [6.07, 6.45) is 4.52. The number of halogens is 3. The fourth-order valence-electron chi connectivity index (χ4n) is 8.89. The van der Waals surface area contributed by atoms with Crippen LogP contribution in [0.2, 0.25) is 0 Å². The topological polar surface area (TPSA) is 40.5 Å². The molecule has 4 fully saturated rings. The maximum Gasteiger partial charge on any atom is 0.417 e. The molecular weight excluding hydrogens is 401 g/mol. The molecule has 0 aliphatic heterocycles. The van der Waals surface area contributed by atoms with E-state index in [4.69, 9.17) is 0 Å². The maximum atomic E-state index is 13.4. The van der Waals surface area contributed by atoms with E-state index >= 15 is 0 Å². The van der Waals surface area contributed by atoms with Gasteiger partial charge in [0.15, 0.2) is 5.60 Å². The van der Waals surface area contributed by atoms with E-state index in [9.17, 15) is 23.4 Å². The van der Waals surface area contributed by atoms with E-state index in [2.05, 4.69) is 13.8 Å². The molecule has 0 heterocycles. The Morgan fingerprint density at radius 2 is 1.61 bits per heavy atom. The molecule has 0 aromatic rings. The minimum absolute atomic E-state index is 0.0360. The Bertz CT molecular complexity index is 656. The Balaban J connectivity index is 1.45. The molecule has 0 aromatic heterocycles. The van der Waals surface area contributed by atoms with Crippen molar-refractivity contribution in [2.75, 3.05) is 0 Å². The van der Waals surface area contributed by atoms with Gasteiger partial charge in [-0.1, -0.05) is 13.8 Å². The zero-order valence-corrected chi connectivity index (χ0v) is 19.8. The first-order valence-electron chi connectivity index (χ1n) is 12.8. The highest BCUT2D eigenvalue weighted by molar-refractivity contribution is 5.08. The first kappa shape index (κ1) is 23.9. The average molecular weight is 445 g/mol. The van der Waals surface area contributed by atoms with Crippen molar-refractivity contribution in [3.05, 3.63) is 0 Å². The van der Waals surface area contributed by atoms with Crippen molar-refractivity contribution in [3.63, 3.8) is 0 Å². The lowest BCUT2D eigenvalue weighted by Crippen LogP contribution is -2.55. The van der Waals surface area contributed by atoms with Crippen LogP contribution in [0, 0.1) is 46.8 Å². The second-order valence-electron chi connectivity index (χ2n) is 12.8. The van der Waals surface area contributed by atoms with Crippen LogP contribution in [0.1, 0.15) is 98.3 Å². The van der Waals surface area contributed by atoms with Crippen molar-refractivity contribution in [2.45, 2.75) is 116 Å². The summed E-state index contributed by atoms with van der Waals surface area (Å²) in [6.45, 7) is 8.66. The van der Waals surface area contributed by atoms with Gasteiger partial charge in [0.1, 0.15) is 0 Å². The predicted octanol–water partition coefficient (Wildman–Crippen LogP) is 6.74. The molecule has 180 valence electrons. The van der Waals surface area contributed by atoms with Crippen molar-refractivity contribution in [2.24, 2.45) is 46.8 Å². The molecule has 0 spiro atoms. The monoisotopic (exact) mass is 444 g/mol. The molecule has 4 rings (SSSR count). The standard InChI is InChI=1S/C26H43F3O2/c1-16(9-12-23(2,3)30)21-7-8-22-20-6-5-17-15-25(31,26(27,28)29)14-11-18(17)19(20)10-13-24(21,22)4/h16-22,30-31H,5-15H2,1-4H3/t16-,17+,18+,19?,20?,21-,22?,24-,25+/m1/s1. The molecule has 2 N–H and O–H groups in total. The quantitative estimate of drug-likeness (QED) is 0.504. The molecule has 3 unspecified atom stereocenters. The van der Waals surface area contributed by atoms with Crippen molar-refractivity contribution in [3.8, 4) is 0 Å². The largest absolute Gasteiger partial charge is 0.417 e. The third kappa shape index (κ3) is 4.20. The Labute approximate surface area is 186 Å². The minimum Gasteiger partial charge on any atom is -0.390 e. The van der Waals surface area contributed by atoms with Crippen LogP contribution < -0.4 is 0 Å². The lowest BCUT2D eigenvalue weighted by molar-refractivity contribution is -0.282. The number of hydrogen-bond acceptors (Lipinski definition) is 2. The highest BCUT2D eigenvalue weighted by Gasteiger charge is 2.62. The van der Waals surface area contributed by atoms with Gasteiger partial charge in [-0.25, -0.2) is 0 Å². The van der Waals surface area contributed by atoms with Crippen LogP contribution in [-0.4, -0.2) is 27.6 Å². The summed E-state index contributed by atoms with van der Waals surface area (Å²) in [5.74, 6) is 3.62. The van der Waals surface area contributed by atoms with Gasteiger partial charge in [-0.15, -0.1) is 0 Å². The Hall–Kier alpha value is -0.290. The molecule has 0 radical (unpaired) electrons. The fourth-order valence-corrected chi connectivity index (χ4v) is 8.89. The van der Waals surface area contributed by atoms with Gasteiger partial charge in [-0.05, 0) is 131 Å². The first-order valence-corrected chi connectivity index (χ1v) is 12.8. The highest BCUT2D eigenvalue weighted by Crippen LogP contribution is 2.66.